The molecule has 0 aromatic heterocycles. The highest BCUT2D eigenvalue weighted by molar-refractivity contribution is 6.96. The van der Waals surface area contributed by atoms with Gasteiger partial charge in [-0.15, -0.1) is 0 Å². The van der Waals surface area contributed by atoms with E-state index < -0.39 is 24.2 Å². The zero-order valence-corrected chi connectivity index (χ0v) is 15.6. The van der Waals surface area contributed by atoms with Gasteiger partial charge >= 0.3 is 0 Å². The van der Waals surface area contributed by atoms with Gasteiger partial charge in [-0.05, 0) is 11.6 Å². The van der Waals surface area contributed by atoms with Gasteiger partial charge in [0.2, 0.25) is 0 Å². The highest BCUT2D eigenvalue weighted by Crippen LogP contribution is 2.21. The van der Waals surface area contributed by atoms with Crippen molar-refractivity contribution in [3.8, 4) is 0 Å². The Morgan fingerprint density at radius 3 is 1.44 bits per heavy atom. The molecule has 0 aromatic rings. The van der Waals surface area contributed by atoms with Gasteiger partial charge in [-0.25, -0.2) is 4.99 Å². The maximum Gasteiger partial charge on any atom is 0.0802 e. The third-order valence-corrected chi connectivity index (χ3v) is 12.1. The van der Waals surface area contributed by atoms with Crippen molar-refractivity contribution in [2.45, 2.75) is 64.2 Å². The first-order chi connectivity index (χ1) is 6.84. The predicted octanol–water partition coefficient (Wildman–Crippen LogP) is 4.21. The topological polar surface area (TPSA) is 12.4 Å². The lowest BCUT2D eigenvalue weighted by Gasteiger charge is -2.34. The van der Waals surface area contributed by atoms with Gasteiger partial charge in [0.1, 0.15) is 0 Å². The molecule has 94 valence electrons. The van der Waals surface area contributed by atoms with E-state index in [1.165, 1.54) is 0 Å². The number of aliphatic imine (C=N–C) groups is 1. The average Bonchev–Trinajstić information content (AvgIpc) is 1.90. The summed E-state index contributed by atoms with van der Waals surface area (Å²) in [6, 6.07) is 0. The van der Waals surface area contributed by atoms with E-state index >= 15 is 0 Å². The normalized spacial score (nSPS) is 13.6. The molecule has 0 saturated carbocycles. The van der Waals surface area contributed by atoms with Crippen LogP contribution in [0, 0.1) is 0 Å². The first-order valence-electron chi connectivity index (χ1n) is 6.14. The third kappa shape index (κ3) is 6.63. The maximum atomic E-state index is 4.80. The minimum absolute atomic E-state index is 0.590. The zero-order valence-electron chi connectivity index (χ0n) is 12.6. The SMILES string of the molecule is C[Si](C)(C)C=C=NC([Si](C)(C)C)[Si](C)(C)C. The summed E-state index contributed by atoms with van der Waals surface area (Å²) in [7, 11) is -3.52. The van der Waals surface area contributed by atoms with E-state index in [4.69, 9.17) is 4.99 Å². The van der Waals surface area contributed by atoms with Gasteiger partial charge in [0.05, 0.1) is 24.2 Å². The van der Waals surface area contributed by atoms with Crippen LogP contribution in [0.4, 0.5) is 0 Å². The van der Waals surface area contributed by atoms with Crippen LogP contribution in [0.2, 0.25) is 58.9 Å². The molecule has 0 aliphatic heterocycles. The van der Waals surface area contributed by atoms with Crippen molar-refractivity contribution < 1.29 is 0 Å². The standard InChI is InChI=1S/C12H29NSi3/c1-14(2,3)11-10-13-12(15(4,5)6)16(7,8)9/h11-12H,1-9H3. The molecule has 0 saturated heterocycles. The Hall–Kier alpha value is 0.101. The second kappa shape index (κ2) is 5.17. The molecule has 0 aromatic carbocycles. The van der Waals surface area contributed by atoms with Crippen LogP contribution in [-0.2, 0) is 0 Å². The Balaban J connectivity index is 5.07. The lowest BCUT2D eigenvalue weighted by molar-refractivity contribution is 1.13. The molecule has 0 N–H and O–H groups in total. The fourth-order valence-electron chi connectivity index (χ4n) is 1.99. The zero-order chi connectivity index (χ0) is 13.2. The van der Waals surface area contributed by atoms with Crippen LogP contribution in [0.15, 0.2) is 10.7 Å². The molecule has 0 unspecified atom stereocenters. The summed E-state index contributed by atoms with van der Waals surface area (Å²) in [5, 5.41) is 0.590. The lowest BCUT2D eigenvalue weighted by Crippen LogP contribution is -2.52. The third-order valence-electron chi connectivity index (χ3n) is 2.34. The van der Waals surface area contributed by atoms with Crippen LogP contribution in [0.5, 0.6) is 0 Å². The summed E-state index contributed by atoms with van der Waals surface area (Å²) >= 11 is 0. The Morgan fingerprint density at radius 1 is 0.812 bits per heavy atom. The van der Waals surface area contributed by atoms with Gasteiger partial charge in [-0.2, -0.15) is 0 Å². The summed E-state index contributed by atoms with van der Waals surface area (Å²) in [6.45, 7) is 21.5. The van der Waals surface area contributed by atoms with Crippen LogP contribution in [-0.4, -0.2) is 35.4 Å². The van der Waals surface area contributed by atoms with Crippen LogP contribution in [0.25, 0.3) is 0 Å². The monoisotopic (exact) mass is 271 g/mol. The predicted molar refractivity (Wildman–Crippen MR) is 85.8 cm³/mol. The first kappa shape index (κ1) is 16.1. The highest BCUT2D eigenvalue weighted by atomic mass is 28.4. The van der Waals surface area contributed by atoms with E-state index in [1.807, 2.05) is 0 Å². The largest absolute Gasteiger partial charge is 0.247 e. The Labute approximate surface area is 105 Å². The van der Waals surface area contributed by atoms with Crippen molar-refractivity contribution in [3.63, 3.8) is 0 Å². The van der Waals surface area contributed by atoms with Crippen molar-refractivity contribution in [2.24, 2.45) is 4.99 Å². The Kier molecular flexibility index (Phi) is 5.20. The summed E-state index contributed by atoms with van der Waals surface area (Å²) in [4.78, 5) is 4.80. The van der Waals surface area contributed by atoms with Crippen molar-refractivity contribution in [3.05, 3.63) is 5.70 Å². The van der Waals surface area contributed by atoms with Gasteiger partial charge in [-0.1, -0.05) is 58.9 Å². The van der Waals surface area contributed by atoms with Crippen LogP contribution >= 0.6 is 0 Å². The summed E-state index contributed by atoms with van der Waals surface area (Å²) in [5.41, 5.74) is 2.24. The molecule has 0 aliphatic rings. The molecule has 0 rings (SSSR count). The minimum atomic E-state index is -1.19. The van der Waals surface area contributed by atoms with Crippen LogP contribution in [0.1, 0.15) is 0 Å². The molecule has 4 heteroatoms. The fraction of sp³-hybridized carbons (Fsp3) is 0.833. The number of nitrogens with zero attached hydrogens (tertiary/aromatic N) is 1. The van der Waals surface area contributed by atoms with Gasteiger partial charge in [-0.3, -0.25) is 0 Å². The fourth-order valence-corrected chi connectivity index (χ4v) is 13.8. The van der Waals surface area contributed by atoms with E-state index in [2.05, 4.69) is 70.5 Å². The van der Waals surface area contributed by atoms with Crippen LogP contribution in [0.3, 0.4) is 0 Å². The summed E-state index contributed by atoms with van der Waals surface area (Å²) < 4.78 is 0. The quantitative estimate of drug-likeness (QED) is 0.536. The van der Waals surface area contributed by atoms with Gasteiger partial charge < -0.3 is 0 Å². The lowest BCUT2D eigenvalue weighted by atomic mass is 11.1. The molecule has 0 spiro atoms. The van der Waals surface area contributed by atoms with Crippen molar-refractivity contribution in [1.29, 1.82) is 0 Å². The van der Waals surface area contributed by atoms with E-state index in [-0.39, 0.29) is 0 Å². The molecule has 0 atom stereocenters. The molecular weight excluding hydrogens is 242 g/mol. The van der Waals surface area contributed by atoms with E-state index in [9.17, 15) is 0 Å². The highest BCUT2D eigenvalue weighted by Gasteiger charge is 2.37. The molecule has 0 heterocycles. The molecule has 0 aliphatic carbocycles. The first-order valence-corrected chi connectivity index (χ1v) is 16.9. The average molecular weight is 272 g/mol. The van der Waals surface area contributed by atoms with E-state index in [0.29, 0.717) is 5.29 Å². The maximum absolute atomic E-state index is 4.80. The van der Waals surface area contributed by atoms with Crippen LogP contribution < -0.4 is 0 Å². The Morgan fingerprint density at radius 2 is 1.19 bits per heavy atom. The number of hydrogen-bond donors (Lipinski definition) is 0. The van der Waals surface area contributed by atoms with Gasteiger partial charge in [0.15, 0.2) is 0 Å². The van der Waals surface area contributed by atoms with E-state index in [0.717, 1.165) is 0 Å². The Bertz CT molecular complexity index is 269. The molecule has 0 fully saturated rings. The molecule has 0 bridgehead atoms. The minimum Gasteiger partial charge on any atom is -0.247 e. The van der Waals surface area contributed by atoms with Gasteiger partial charge in [0, 0.05) is 5.29 Å². The van der Waals surface area contributed by atoms with Crippen molar-refractivity contribution in [1.82, 2.24) is 0 Å². The summed E-state index contributed by atoms with van der Waals surface area (Å²) in [5.74, 6) is 3.27. The molecule has 0 amide bonds. The second-order valence-corrected chi connectivity index (χ2v) is 24.1. The molecule has 0 radical (unpaired) electrons. The molecule has 1 nitrogen and oxygen atoms in total. The smallest absolute Gasteiger partial charge is 0.0802 e. The molecule has 16 heavy (non-hydrogen) atoms. The van der Waals surface area contributed by atoms with Crippen molar-refractivity contribution in [2.75, 3.05) is 0 Å². The van der Waals surface area contributed by atoms with Gasteiger partial charge in [0.25, 0.3) is 0 Å². The van der Waals surface area contributed by atoms with E-state index in [1.54, 1.807) is 0 Å². The second-order valence-electron chi connectivity index (χ2n) is 7.90. The van der Waals surface area contributed by atoms with Crippen molar-refractivity contribution >= 4 is 30.1 Å². The molecular formula is C12H29NSi3. The number of hydrogen-bond acceptors (Lipinski definition) is 1. The number of rotatable bonds is 4. The summed E-state index contributed by atoms with van der Waals surface area (Å²) in [6.07, 6.45) is 0.